The van der Waals surface area contributed by atoms with E-state index in [-0.39, 0.29) is 10.7 Å². The van der Waals surface area contributed by atoms with Crippen molar-refractivity contribution in [1.29, 1.82) is 0 Å². The van der Waals surface area contributed by atoms with Crippen molar-refractivity contribution >= 4 is 29.1 Å². The van der Waals surface area contributed by atoms with E-state index in [9.17, 15) is 14.0 Å². The smallest absolute Gasteiger partial charge is 0.273 e. The number of halogens is 2. The predicted octanol–water partition coefficient (Wildman–Crippen LogP) is 3.88. The molecule has 0 radical (unpaired) electrons. The first-order valence-electron chi connectivity index (χ1n) is 10.4. The van der Waals surface area contributed by atoms with Crippen molar-refractivity contribution in [2.24, 2.45) is 5.73 Å². The van der Waals surface area contributed by atoms with Crippen molar-refractivity contribution in [3.63, 3.8) is 0 Å². The quantitative estimate of drug-likeness (QED) is 0.486. The standard InChI is InChI=1S/C24H19ClFN5O2/c25-15-10-17-16(18(26)11-15)6-7-19(17)31(22(23(27)32)14-4-2-1-3-5-14)24(33)20-12-29-21-13-28-8-9-30(20)21/h1-5,8-13,19,22H,6-7H2,(H2,27,32)/t19-,22?/m1/s1. The molecule has 1 aliphatic rings. The minimum absolute atomic E-state index is 0.224. The van der Waals surface area contributed by atoms with E-state index in [0.717, 1.165) is 0 Å². The first-order valence-corrected chi connectivity index (χ1v) is 10.8. The van der Waals surface area contributed by atoms with Crippen LogP contribution in [0.3, 0.4) is 0 Å². The number of carbonyl (C=O) groups excluding carboxylic acids is 2. The minimum Gasteiger partial charge on any atom is -0.368 e. The Hall–Kier alpha value is -3.78. The predicted molar refractivity (Wildman–Crippen MR) is 120 cm³/mol. The van der Waals surface area contributed by atoms with Crippen molar-refractivity contribution in [2.45, 2.75) is 24.9 Å². The summed E-state index contributed by atoms with van der Waals surface area (Å²) in [6.45, 7) is 0. The van der Waals surface area contributed by atoms with Gasteiger partial charge in [0.25, 0.3) is 5.91 Å². The molecule has 2 amide bonds. The van der Waals surface area contributed by atoms with Crippen LogP contribution in [0.25, 0.3) is 5.65 Å². The van der Waals surface area contributed by atoms with Crippen LogP contribution in [0.15, 0.2) is 67.3 Å². The first-order chi connectivity index (χ1) is 16.0. The number of rotatable bonds is 5. The molecule has 1 unspecified atom stereocenters. The fourth-order valence-corrected chi connectivity index (χ4v) is 4.79. The van der Waals surface area contributed by atoms with Gasteiger partial charge in [-0.3, -0.25) is 19.0 Å². The van der Waals surface area contributed by atoms with Crippen LogP contribution < -0.4 is 5.73 Å². The molecule has 2 atom stereocenters. The van der Waals surface area contributed by atoms with E-state index in [2.05, 4.69) is 9.97 Å². The van der Waals surface area contributed by atoms with Gasteiger partial charge in [-0.1, -0.05) is 41.9 Å². The minimum atomic E-state index is -1.08. The van der Waals surface area contributed by atoms with Crippen molar-refractivity contribution in [2.75, 3.05) is 0 Å². The second kappa shape index (κ2) is 8.29. The van der Waals surface area contributed by atoms with Gasteiger partial charge in [-0.2, -0.15) is 0 Å². The zero-order valence-electron chi connectivity index (χ0n) is 17.4. The molecule has 4 aromatic rings. The largest absolute Gasteiger partial charge is 0.368 e. The fraction of sp³-hybridized carbons (Fsp3) is 0.167. The number of hydrogen-bond acceptors (Lipinski definition) is 4. The Balaban J connectivity index is 1.70. The molecule has 0 fully saturated rings. The van der Waals surface area contributed by atoms with E-state index >= 15 is 0 Å². The molecule has 166 valence electrons. The van der Waals surface area contributed by atoms with Gasteiger partial charge in [0.05, 0.1) is 18.4 Å². The highest BCUT2D eigenvalue weighted by molar-refractivity contribution is 6.30. The Morgan fingerprint density at radius 2 is 2.00 bits per heavy atom. The third-order valence-corrected chi connectivity index (χ3v) is 6.21. The molecule has 0 saturated heterocycles. The number of amides is 2. The molecule has 33 heavy (non-hydrogen) atoms. The Labute approximate surface area is 193 Å². The first kappa shape index (κ1) is 21.1. The number of nitrogens with two attached hydrogens (primary N) is 1. The lowest BCUT2D eigenvalue weighted by Gasteiger charge is -2.35. The lowest BCUT2D eigenvalue weighted by Crippen LogP contribution is -2.44. The highest BCUT2D eigenvalue weighted by atomic mass is 35.5. The monoisotopic (exact) mass is 463 g/mol. The maximum absolute atomic E-state index is 14.7. The average molecular weight is 464 g/mol. The number of carbonyl (C=O) groups is 2. The average Bonchev–Trinajstić information content (AvgIpc) is 3.42. The van der Waals surface area contributed by atoms with Crippen LogP contribution in [0, 0.1) is 5.82 Å². The van der Waals surface area contributed by atoms with E-state index in [0.29, 0.717) is 35.2 Å². The number of aromatic nitrogens is 3. The van der Waals surface area contributed by atoms with Crippen LogP contribution in [0.1, 0.15) is 45.7 Å². The summed E-state index contributed by atoms with van der Waals surface area (Å²) in [5, 5.41) is 0.224. The van der Waals surface area contributed by atoms with Crippen molar-refractivity contribution in [3.8, 4) is 0 Å². The molecule has 5 rings (SSSR count). The Morgan fingerprint density at radius 3 is 2.76 bits per heavy atom. The van der Waals surface area contributed by atoms with Crippen LogP contribution in [0.2, 0.25) is 5.02 Å². The second-order valence-electron chi connectivity index (χ2n) is 7.89. The molecular formula is C24H19ClFN5O2. The molecule has 2 aromatic heterocycles. The van der Waals surface area contributed by atoms with Gasteiger partial charge in [-0.05, 0) is 41.7 Å². The summed E-state index contributed by atoms with van der Waals surface area (Å²) in [5.41, 5.74) is 8.20. The molecule has 2 heterocycles. The fourth-order valence-electron chi connectivity index (χ4n) is 4.58. The molecule has 7 nitrogen and oxygen atoms in total. The number of hydrogen-bond donors (Lipinski definition) is 1. The number of primary amides is 1. The highest BCUT2D eigenvalue weighted by Crippen LogP contribution is 2.43. The van der Waals surface area contributed by atoms with E-state index in [1.807, 2.05) is 6.07 Å². The summed E-state index contributed by atoms with van der Waals surface area (Å²) >= 11 is 6.16. The summed E-state index contributed by atoms with van der Waals surface area (Å²) < 4.78 is 16.3. The van der Waals surface area contributed by atoms with Crippen molar-refractivity contribution < 1.29 is 14.0 Å². The van der Waals surface area contributed by atoms with Crippen LogP contribution in [0.4, 0.5) is 4.39 Å². The number of fused-ring (bicyclic) bond motifs is 2. The topological polar surface area (TPSA) is 93.6 Å². The Kier molecular flexibility index (Phi) is 5.30. The summed E-state index contributed by atoms with van der Waals surface area (Å²) in [7, 11) is 0. The van der Waals surface area contributed by atoms with Gasteiger partial charge in [0.15, 0.2) is 5.65 Å². The van der Waals surface area contributed by atoms with Gasteiger partial charge in [-0.15, -0.1) is 0 Å². The second-order valence-corrected chi connectivity index (χ2v) is 8.32. The van der Waals surface area contributed by atoms with Crippen molar-refractivity contribution in [3.05, 3.63) is 100 Å². The van der Waals surface area contributed by atoms with Gasteiger partial charge in [0.1, 0.15) is 17.6 Å². The van der Waals surface area contributed by atoms with Crippen molar-refractivity contribution in [1.82, 2.24) is 19.3 Å². The third kappa shape index (κ3) is 3.62. The molecule has 9 heteroatoms. The maximum atomic E-state index is 14.7. The number of imidazole rings is 1. The number of nitrogens with zero attached hydrogens (tertiary/aromatic N) is 4. The van der Waals surface area contributed by atoms with Crippen LogP contribution in [-0.2, 0) is 11.2 Å². The molecule has 0 bridgehead atoms. The third-order valence-electron chi connectivity index (χ3n) is 5.99. The summed E-state index contributed by atoms with van der Waals surface area (Å²) in [4.78, 5) is 36.5. The zero-order valence-corrected chi connectivity index (χ0v) is 18.1. The molecule has 0 aliphatic heterocycles. The van der Waals surface area contributed by atoms with Gasteiger partial charge < -0.3 is 10.6 Å². The number of benzene rings is 2. The van der Waals surface area contributed by atoms with E-state index in [4.69, 9.17) is 17.3 Å². The maximum Gasteiger partial charge on any atom is 0.273 e. The van der Waals surface area contributed by atoms with E-state index < -0.39 is 29.7 Å². The molecule has 0 saturated carbocycles. The summed E-state index contributed by atoms with van der Waals surface area (Å²) in [6.07, 6.45) is 6.96. The highest BCUT2D eigenvalue weighted by Gasteiger charge is 2.41. The van der Waals surface area contributed by atoms with Gasteiger partial charge >= 0.3 is 0 Å². The zero-order chi connectivity index (χ0) is 23.1. The molecule has 1 aliphatic carbocycles. The summed E-state index contributed by atoms with van der Waals surface area (Å²) in [6, 6.07) is 10.1. The van der Waals surface area contributed by atoms with E-state index in [1.165, 1.54) is 23.4 Å². The van der Waals surface area contributed by atoms with E-state index in [1.54, 1.807) is 47.1 Å². The molecule has 2 aromatic carbocycles. The Bertz CT molecular complexity index is 1370. The Morgan fingerprint density at radius 1 is 1.21 bits per heavy atom. The SMILES string of the molecule is NC(=O)C(c1ccccc1)N(C(=O)c1cnc2cnccn12)[C@@H]1CCc2c(F)cc(Cl)cc21. The van der Waals surface area contributed by atoms with Crippen LogP contribution in [-0.4, -0.2) is 31.1 Å². The van der Waals surface area contributed by atoms with Gasteiger partial charge in [0.2, 0.25) is 5.91 Å². The molecular weight excluding hydrogens is 445 g/mol. The normalized spacial score (nSPS) is 15.9. The van der Waals surface area contributed by atoms with Crippen LogP contribution >= 0.6 is 11.6 Å². The lowest BCUT2D eigenvalue weighted by atomic mass is 9.98. The summed E-state index contributed by atoms with van der Waals surface area (Å²) in [5.74, 6) is -1.58. The van der Waals surface area contributed by atoms with Gasteiger partial charge in [-0.25, -0.2) is 9.37 Å². The lowest BCUT2D eigenvalue weighted by molar-refractivity contribution is -0.123. The van der Waals surface area contributed by atoms with Crippen LogP contribution in [0.5, 0.6) is 0 Å². The van der Waals surface area contributed by atoms with Gasteiger partial charge in [0, 0.05) is 17.4 Å². The molecule has 0 spiro atoms. The molecule has 2 N–H and O–H groups in total.